The van der Waals surface area contributed by atoms with Crippen LogP contribution in [0.2, 0.25) is 0 Å². The Balaban J connectivity index is 2.59. The third kappa shape index (κ3) is 1.77. The van der Waals surface area contributed by atoms with Crippen LogP contribution in [0.1, 0.15) is 19.8 Å². The minimum absolute atomic E-state index is 0.300. The summed E-state index contributed by atoms with van der Waals surface area (Å²) in [6.07, 6.45) is 5.20. The van der Waals surface area contributed by atoms with Gasteiger partial charge in [-0.2, -0.15) is 4.98 Å². The number of aryl methyl sites for hydroxylation is 1. The van der Waals surface area contributed by atoms with Crippen molar-refractivity contribution in [2.24, 2.45) is 0 Å². The lowest BCUT2D eigenvalue weighted by atomic mass is 10.3. The molecule has 5 nitrogen and oxygen atoms in total. The minimum Gasteiger partial charge on any atom is -0.316 e. The van der Waals surface area contributed by atoms with Crippen LogP contribution in [0, 0.1) is 0 Å². The van der Waals surface area contributed by atoms with E-state index in [-0.39, 0.29) is 5.56 Å². The highest BCUT2D eigenvalue weighted by Gasteiger charge is 2.08. The van der Waals surface area contributed by atoms with Gasteiger partial charge >= 0.3 is 5.56 Å². The Bertz CT molecular complexity index is 530. The molecule has 0 bridgehead atoms. The summed E-state index contributed by atoms with van der Waals surface area (Å²) in [4.78, 5) is 19.1. The van der Waals surface area contributed by atoms with E-state index < -0.39 is 0 Å². The molecule has 80 valence electrons. The fourth-order valence-corrected chi connectivity index (χ4v) is 1.74. The summed E-state index contributed by atoms with van der Waals surface area (Å²) in [5, 5.41) is 0. The SMILES string of the molecule is CCCCn1cnc(=O)c2ncn(S)c21. The quantitative estimate of drug-likeness (QED) is 0.794. The highest BCUT2D eigenvalue weighted by atomic mass is 32.1. The Kier molecular flexibility index (Phi) is 2.77. The van der Waals surface area contributed by atoms with Crippen LogP contribution >= 0.6 is 12.8 Å². The molecular weight excluding hydrogens is 212 g/mol. The minimum atomic E-state index is -0.300. The molecule has 0 aliphatic heterocycles. The zero-order valence-corrected chi connectivity index (χ0v) is 9.31. The fourth-order valence-electron chi connectivity index (χ4n) is 1.48. The summed E-state index contributed by atoms with van der Waals surface area (Å²) in [7, 11) is 0. The molecule has 0 radical (unpaired) electrons. The number of hydrogen-bond donors (Lipinski definition) is 1. The molecule has 0 aromatic carbocycles. The van der Waals surface area contributed by atoms with Gasteiger partial charge in [0.25, 0.3) is 0 Å². The standard InChI is InChI=1S/C9H12N4OS/c1-2-3-4-12-5-11-8(14)7-9(12)13(15)6-10-7/h5-6,15H,2-4H2,1H3. The highest BCUT2D eigenvalue weighted by molar-refractivity contribution is 7.78. The number of rotatable bonds is 3. The first-order chi connectivity index (χ1) is 7.24. The molecule has 0 N–H and O–H groups in total. The largest absolute Gasteiger partial charge is 0.316 e. The predicted octanol–water partition coefficient (Wildman–Crippen LogP) is 1.09. The second-order valence-electron chi connectivity index (χ2n) is 3.36. The number of nitrogens with zero attached hydrogens (tertiary/aromatic N) is 4. The first-order valence-electron chi connectivity index (χ1n) is 4.85. The topological polar surface area (TPSA) is 52.7 Å². The Labute approximate surface area is 92.3 Å². The van der Waals surface area contributed by atoms with Gasteiger partial charge in [0.15, 0.2) is 11.2 Å². The zero-order chi connectivity index (χ0) is 10.8. The van der Waals surface area contributed by atoms with Crippen molar-refractivity contribution < 1.29 is 0 Å². The van der Waals surface area contributed by atoms with Crippen molar-refractivity contribution in [1.82, 2.24) is 18.5 Å². The van der Waals surface area contributed by atoms with Gasteiger partial charge in [-0.25, -0.2) is 4.98 Å². The Morgan fingerprint density at radius 2 is 2.20 bits per heavy atom. The van der Waals surface area contributed by atoms with Crippen molar-refractivity contribution in [3.05, 3.63) is 23.0 Å². The van der Waals surface area contributed by atoms with E-state index in [4.69, 9.17) is 0 Å². The predicted molar refractivity (Wildman–Crippen MR) is 61.1 cm³/mol. The van der Waals surface area contributed by atoms with Crippen molar-refractivity contribution in [3.8, 4) is 0 Å². The molecule has 15 heavy (non-hydrogen) atoms. The molecular formula is C9H12N4OS. The molecule has 2 aromatic rings. The molecule has 0 saturated heterocycles. The van der Waals surface area contributed by atoms with E-state index in [0.29, 0.717) is 11.2 Å². The second kappa shape index (κ2) is 4.06. The van der Waals surface area contributed by atoms with E-state index in [9.17, 15) is 4.79 Å². The molecule has 0 atom stereocenters. The summed E-state index contributed by atoms with van der Waals surface area (Å²) in [5.74, 6) is 0. The maximum absolute atomic E-state index is 11.4. The van der Waals surface area contributed by atoms with Gasteiger partial charge in [-0.05, 0) is 6.42 Å². The molecule has 0 aliphatic carbocycles. The van der Waals surface area contributed by atoms with Crippen molar-refractivity contribution in [2.75, 3.05) is 0 Å². The number of thiol groups is 1. The molecule has 0 unspecified atom stereocenters. The summed E-state index contributed by atoms with van der Waals surface area (Å²) in [6, 6.07) is 0. The summed E-state index contributed by atoms with van der Waals surface area (Å²) in [5.41, 5.74) is 0.793. The number of fused-ring (bicyclic) bond motifs is 1. The highest BCUT2D eigenvalue weighted by Crippen LogP contribution is 2.09. The molecule has 0 amide bonds. The zero-order valence-electron chi connectivity index (χ0n) is 8.42. The van der Waals surface area contributed by atoms with Gasteiger partial charge in [-0.1, -0.05) is 26.2 Å². The van der Waals surface area contributed by atoms with Crippen molar-refractivity contribution >= 4 is 24.0 Å². The lowest BCUT2D eigenvalue weighted by Crippen LogP contribution is -2.13. The summed E-state index contributed by atoms with van der Waals surface area (Å²) < 4.78 is 3.45. The normalized spacial score (nSPS) is 11.1. The molecule has 2 rings (SSSR count). The van der Waals surface area contributed by atoms with Gasteiger partial charge in [0.05, 0.1) is 0 Å². The lowest BCUT2D eigenvalue weighted by Gasteiger charge is -2.06. The molecule has 2 aromatic heterocycles. The lowest BCUT2D eigenvalue weighted by molar-refractivity contribution is 0.631. The smallest absolute Gasteiger partial charge is 0.300 e. The Hall–Kier alpha value is -1.30. The van der Waals surface area contributed by atoms with E-state index in [1.165, 1.54) is 6.33 Å². The van der Waals surface area contributed by atoms with Gasteiger partial charge in [0, 0.05) is 6.54 Å². The van der Waals surface area contributed by atoms with Crippen LogP contribution in [0.5, 0.6) is 0 Å². The fraction of sp³-hybridized carbons (Fsp3) is 0.444. The Morgan fingerprint density at radius 1 is 1.40 bits per heavy atom. The van der Waals surface area contributed by atoms with Crippen molar-refractivity contribution in [1.29, 1.82) is 0 Å². The third-order valence-electron chi connectivity index (χ3n) is 2.27. The van der Waals surface area contributed by atoms with E-state index in [0.717, 1.165) is 19.4 Å². The van der Waals surface area contributed by atoms with Gasteiger partial charge in [-0.15, -0.1) is 0 Å². The number of unbranched alkanes of at least 4 members (excludes halogenated alkanes) is 1. The molecule has 2 heterocycles. The van der Waals surface area contributed by atoms with E-state index >= 15 is 0 Å². The molecule has 0 spiro atoms. The van der Waals surface area contributed by atoms with Crippen LogP contribution in [0.3, 0.4) is 0 Å². The second-order valence-corrected chi connectivity index (χ2v) is 3.79. The van der Waals surface area contributed by atoms with Crippen LogP contribution in [-0.4, -0.2) is 18.5 Å². The van der Waals surface area contributed by atoms with Crippen LogP contribution in [-0.2, 0) is 6.54 Å². The van der Waals surface area contributed by atoms with Gasteiger partial charge in [-0.3, -0.25) is 8.77 Å². The van der Waals surface area contributed by atoms with Crippen LogP contribution in [0.4, 0.5) is 0 Å². The first kappa shape index (κ1) is 10.2. The van der Waals surface area contributed by atoms with Gasteiger partial charge < -0.3 is 4.57 Å². The van der Waals surface area contributed by atoms with E-state index in [1.807, 2.05) is 4.57 Å². The van der Waals surface area contributed by atoms with Gasteiger partial charge in [0.1, 0.15) is 12.7 Å². The summed E-state index contributed by atoms with van der Waals surface area (Å²) in [6.45, 7) is 2.94. The first-order valence-corrected chi connectivity index (χ1v) is 5.25. The number of hydrogen-bond acceptors (Lipinski definition) is 4. The monoisotopic (exact) mass is 224 g/mol. The summed E-state index contributed by atoms with van der Waals surface area (Å²) >= 11 is 4.21. The van der Waals surface area contributed by atoms with E-state index in [2.05, 4.69) is 29.7 Å². The Morgan fingerprint density at radius 3 is 2.93 bits per heavy atom. The van der Waals surface area contributed by atoms with Crippen LogP contribution in [0.15, 0.2) is 17.4 Å². The van der Waals surface area contributed by atoms with Gasteiger partial charge in [0.2, 0.25) is 0 Å². The van der Waals surface area contributed by atoms with E-state index in [1.54, 1.807) is 10.3 Å². The number of imidazole rings is 1. The molecule has 0 fully saturated rings. The van der Waals surface area contributed by atoms with Crippen LogP contribution in [0.25, 0.3) is 11.2 Å². The van der Waals surface area contributed by atoms with Crippen LogP contribution < -0.4 is 5.56 Å². The van der Waals surface area contributed by atoms with Crippen molar-refractivity contribution in [2.45, 2.75) is 26.3 Å². The molecule has 0 saturated carbocycles. The average Bonchev–Trinajstić information content (AvgIpc) is 2.61. The number of aromatic nitrogens is 4. The molecule has 0 aliphatic rings. The third-order valence-corrected chi connectivity index (χ3v) is 2.56. The maximum Gasteiger partial charge on any atom is 0.300 e. The average molecular weight is 224 g/mol. The van der Waals surface area contributed by atoms with Crippen molar-refractivity contribution in [3.63, 3.8) is 0 Å². The maximum atomic E-state index is 11.4. The molecule has 6 heteroatoms.